The fraction of sp³-hybridized carbons (Fsp3) is 0.0769. The SMILES string of the molecule is COc1cc2ccccc2cc1C(=O)N/N=C\c1cccc(OCc2ccccc2F)c1. The zero-order valence-electron chi connectivity index (χ0n) is 17.4. The maximum Gasteiger partial charge on any atom is 0.275 e. The topological polar surface area (TPSA) is 59.9 Å². The minimum Gasteiger partial charge on any atom is -0.496 e. The molecule has 160 valence electrons. The fourth-order valence-corrected chi connectivity index (χ4v) is 3.25. The van der Waals surface area contributed by atoms with Crippen LogP contribution < -0.4 is 14.9 Å². The second-order valence-electron chi connectivity index (χ2n) is 7.05. The Morgan fingerprint density at radius 2 is 1.72 bits per heavy atom. The number of hydrazone groups is 1. The first-order valence-electron chi connectivity index (χ1n) is 10.0. The normalized spacial score (nSPS) is 10.9. The van der Waals surface area contributed by atoms with E-state index in [0.29, 0.717) is 22.6 Å². The summed E-state index contributed by atoms with van der Waals surface area (Å²) < 4.78 is 24.8. The molecule has 0 aliphatic heterocycles. The number of nitrogens with one attached hydrogen (secondary N) is 1. The van der Waals surface area contributed by atoms with Gasteiger partial charge in [0.1, 0.15) is 23.9 Å². The molecule has 0 radical (unpaired) electrons. The zero-order chi connectivity index (χ0) is 22.3. The summed E-state index contributed by atoms with van der Waals surface area (Å²) in [6.07, 6.45) is 1.52. The predicted molar refractivity (Wildman–Crippen MR) is 123 cm³/mol. The number of rotatable bonds is 7. The summed E-state index contributed by atoms with van der Waals surface area (Å²) in [5.41, 5.74) is 4.12. The smallest absolute Gasteiger partial charge is 0.275 e. The Hall–Kier alpha value is -4.19. The molecule has 4 rings (SSSR count). The summed E-state index contributed by atoms with van der Waals surface area (Å²) in [7, 11) is 1.52. The van der Waals surface area contributed by atoms with Gasteiger partial charge in [-0.25, -0.2) is 9.82 Å². The monoisotopic (exact) mass is 428 g/mol. The maximum atomic E-state index is 13.7. The molecule has 4 aromatic rings. The third kappa shape index (κ3) is 4.92. The van der Waals surface area contributed by atoms with Crippen LogP contribution in [0.15, 0.2) is 90.0 Å². The highest BCUT2D eigenvalue weighted by Gasteiger charge is 2.13. The third-order valence-corrected chi connectivity index (χ3v) is 4.90. The Morgan fingerprint density at radius 1 is 0.969 bits per heavy atom. The van der Waals surface area contributed by atoms with E-state index < -0.39 is 0 Å². The molecule has 1 amide bonds. The minimum absolute atomic E-state index is 0.117. The van der Waals surface area contributed by atoms with Crippen molar-refractivity contribution in [3.8, 4) is 11.5 Å². The van der Waals surface area contributed by atoms with E-state index in [1.807, 2.05) is 36.4 Å². The second kappa shape index (κ2) is 9.75. The number of fused-ring (bicyclic) bond motifs is 1. The summed E-state index contributed by atoms with van der Waals surface area (Å²) in [6, 6.07) is 25.0. The molecule has 32 heavy (non-hydrogen) atoms. The van der Waals surface area contributed by atoms with Gasteiger partial charge in [-0.1, -0.05) is 54.6 Å². The highest BCUT2D eigenvalue weighted by atomic mass is 19.1. The lowest BCUT2D eigenvalue weighted by Crippen LogP contribution is -2.18. The molecule has 6 heteroatoms. The summed E-state index contributed by atoms with van der Waals surface area (Å²) in [5.74, 6) is 0.354. The van der Waals surface area contributed by atoms with Crippen LogP contribution >= 0.6 is 0 Å². The standard InChI is InChI=1S/C26H21FN2O3/c1-31-25-15-20-9-3-2-8-19(20)14-23(25)26(30)29-28-16-18-7-6-11-22(13-18)32-17-21-10-4-5-12-24(21)27/h2-16H,17H2,1H3,(H,29,30)/b28-16-. The number of amides is 1. The number of hydrogen-bond acceptors (Lipinski definition) is 4. The number of ether oxygens (including phenoxy) is 2. The average Bonchev–Trinajstić information content (AvgIpc) is 2.83. The van der Waals surface area contributed by atoms with Crippen molar-refractivity contribution in [1.29, 1.82) is 0 Å². The molecule has 0 aromatic heterocycles. The van der Waals surface area contributed by atoms with Gasteiger partial charge in [0.25, 0.3) is 5.91 Å². The number of hydrogen-bond donors (Lipinski definition) is 1. The van der Waals surface area contributed by atoms with Crippen molar-refractivity contribution in [2.45, 2.75) is 6.61 Å². The van der Waals surface area contributed by atoms with Gasteiger partial charge in [-0.15, -0.1) is 0 Å². The van der Waals surface area contributed by atoms with Crippen molar-refractivity contribution in [2.24, 2.45) is 5.10 Å². The van der Waals surface area contributed by atoms with Crippen molar-refractivity contribution < 1.29 is 18.7 Å². The van der Waals surface area contributed by atoms with Crippen molar-refractivity contribution in [3.05, 3.63) is 107 Å². The summed E-state index contributed by atoms with van der Waals surface area (Å²) in [4.78, 5) is 12.7. The number of carbonyl (C=O) groups is 1. The molecule has 0 unspecified atom stereocenters. The molecule has 5 nitrogen and oxygen atoms in total. The van der Waals surface area contributed by atoms with E-state index in [4.69, 9.17) is 9.47 Å². The zero-order valence-corrected chi connectivity index (χ0v) is 17.4. The van der Waals surface area contributed by atoms with Gasteiger partial charge in [0.05, 0.1) is 18.9 Å². The summed E-state index contributed by atoms with van der Waals surface area (Å²) in [5, 5.41) is 5.97. The van der Waals surface area contributed by atoms with E-state index in [-0.39, 0.29) is 18.3 Å². The molecular weight excluding hydrogens is 407 g/mol. The van der Waals surface area contributed by atoms with Gasteiger partial charge in [-0.3, -0.25) is 4.79 Å². The molecule has 1 N–H and O–H groups in total. The molecule has 0 bridgehead atoms. The lowest BCUT2D eigenvalue weighted by Gasteiger charge is -2.09. The van der Waals surface area contributed by atoms with Crippen LogP contribution in [0.1, 0.15) is 21.5 Å². The molecule has 0 fully saturated rings. The van der Waals surface area contributed by atoms with Crippen LogP contribution in [-0.2, 0) is 6.61 Å². The number of methoxy groups -OCH3 is 1. The first-order valence-corrected chi connectivity index (χ1v) is 10.0. The van der Waals surface area contributed by atoms with E-state index >= 15 is 0 Å². The van der Waals surface area contributed by atoms with Crippen molar-refractivity contribution in [2.75, 3.05) is 7.11 Å². The number of benzene rings is 4. The van der Waals surface area contributed by atoms with E-state index in [1.54, 1.807) is 42.5 Å². The molecule has 4 aromatic carbocycles. The Balaban J connectivity index is 1.43. The van der Waals surface area contributed by atoms with Crippen molar-refractivity contribution in [3.63, 3.8) is 0 Å². The molecule has 0 atom stereocenters. The molecule has 0 saturated heterocycles. The van der Waals surface area contributed by atoms with Gasteiger partial charge >= 0.3 is 0 Å². The van der Waals surface area contributed by atoms with Gasteiger partial charge in [-0.2, -0.15) is 5.10 Å². The second-order valence-corrected chi connectivity index (χ2v) is 7.05. The number of nitrogens with zero attached hydrogens (tertiary/aromatic N) is 1. The number of carbonyl (C=O) groups excluding carboxylic acids is 1. The van der Waals surface area contributed by atoms with Gasteiger partial charge in [0, 0.05) is 5.56 Å². The van der Waals surface area contributed by atoms with Crippen molar-refractivity contribution >= 4 is 22.9 Å². The lowest BCUT2D eigenvalue weighted by molar-refractivity contribution is 0.0952. The Bertz CT molecular complexity index is 1290. The predicted octanol–water partition coefficient (Wildman–Crippen LogP) is 5.33. The van der Waals surface area contributed by atoms with Crippen LogP contribution in [0.2, 0.25) is 0 Å². The van der Waals surface area contributed by atoms with Crippen LogP contribution in [0.25, 0.3) is 10.8 Å². The Kier molecular flexibility index (Phi) is 6.41. The lowest BCUT2D eigenvalue weighted by atomic mass is 10.1. The largest absolute Gasteiger partial charge is 0.496 e. The molecule has 0 aliphatic carbocycles. The van der Waals surface area contributed by atoms with E-state index in [0.717, 1.165) is 16.3 Å². The van der Waals surface area contributed by atoms with E-state index in [9.17, 15) is 9.18 Å². The molecule has 0 spiro atoms. The highest BCUT2D eigenvalue weighted by molar-refractivity contribution is 6.02. The third-order valence-electron chi connectivity index (χ3n) is 4.90. The Morgan fingerprint density at radius 3 is 2.50 bits per heavy atom. The van der Waals surface area contributed by atoms with Crippen LogP contribution in [0.3, 0.4) is 0 Å². The first kappa shape index (κ1) is 21.1. The van der Waals surface area contributed by atoms with E-state index in [1.165, 1.54) is 19.4 Å². The number of halogens is 1. The quantitative estimate of drug-likeness (QED) is 0.320. The van der Waals surface area contributed by atoms with Crippen LogP contribution in [-0.4, -0.2) is 19.2 Å². The van der Waals surface area contributed by atoms with Crippen molar-refractivity contribution in [1.82, 2.24) is 5.43 Å². The molecule has 0 saturated carbocycles. The maximum absolute atomic E-state index is 13.7. The highest BCUT2D eigenvalue weighted by Crippen LogP contribution is 2.26. The minimum atomic E-state index is -0.379. The van der Waals surface area contributed by atoms with Crippen LogP contribution in [0, 0.1) is 5.82 Å². The van der Waals surface area contributed by atoms with Gasteiger partial charge in [0.15, 0.2) is 0 Å². The Labute approximate surface area is 185 Å². The van der Waals surface area contributed by atoms with Crippen LogP contribution in [0.5, 0.6) is 11.5 Å². The first-order chi connectivity index (χ1) is 15.6. The van der Waals surface area contributed by atoms with Crippen LogP contribution in [0.4, 0.5) is 4.39 Å². The fourth-order valence-electron chi connectivity index (χ4n) is 3.25. The molecule has 0 heterocycles. The van der Waals surface area contributed by atoms with E-state index in [2.05, 4.69) is 10.5 Å². The van der Waals surface area contributed by atoms with Gasteiger partial charge in [0.2, 0.25) is 0 Å². The molecule has 0 aliphatic rings. The molecular formula is C26H21FN2O3. The summed E-state index contributed by atoms with van der Waals surface area (Å²) in [6.45, 7) is 0.117. The van der Waals surface area contributed by atoms with Gasteiger partial charge < -0.3 is 9.47 Å². The average molecular weight is 428 g/mol. The summed E-state index contributed by atoms with van der Waals surface area (Å²) >= 11 is 0. The van der Waals surface area contributed by atoms with Gasteiger partial charge in [-0.05, 0) is 46.7 Å².